The Bertz CT molecular complexity index is 1210. The van der Waals surface area contributed by atoms with Crippen LogP contribution in [0.2, 0.25) is 0 Å². The van der Waals surface area contributed by atoms with Crippen LogP contribution in [0.3, 0.4) is 0 Å². The van der Waals surface area contributed by atoms with Gasteiger partial charge in [-0.1, -0.05) is 8.25 Å². The number of rotatable bonds is 8. The van der Waals surface area contributed by atoms with Crippen LogP contribution in [0.15, 0.2) is 0 Å². The summed E-state index contributed by atoms with van der Waals surface area (Å²) in [5.41, 5.74) is 0. The molecule has 0 aliphatic heterocycles. The standard InChI is InChI=1S/2C4HF10NO4S2.Li.H/c2*5-1(6,7)3(11,12)20(16,17)15-21(18,19)4(13,14)2(8,9)10;;/h2*15H;;/q;;+1;-1. The van der Waals surface area contributed by atoms with Gasteiger partial charge in [-0.2, -0.15) is 87.8 Å². The first kappa shape index (κ1) is 46.3. The molecule has 258 valence electrons. The Balaban J connectivity index is -0.000000348. The van der Waals surface area contributed by atoms with Crippen molar-refractivity contribution in [3.05, 3.63) is 0 Å². The number of halogens is 20. The fourth-order valence-corrected chi connectivity index (χ4v) is 6.31. The first-order chi connectivity index (χ1) is 17.4. The molecule has 0 aromatic rings. The Morgan fingerprint density at radius 3 is 0.465 bits per heavy atom. The second kappa shape index (κ2) is 12.3. The Morgan fingerprint density at radius 1 is 0.302 bits per heavy atom. The zero-order valence-corrected chi connectivity index (χ0v) is 21.7. The van der Waals surface area contributed by atoms with Crippen molar-refractivity contribution in [2.24, 2.45) is 0 Å². The molecule has 0 saturated heterocycles. The van der Waals surface area contributed by atoms with E-state index in [1.807, 2.05) is 0 Å². The van der Waals surface area contributed by atoms with Crippen molar-refractivity contribution in [2.75, 3.05) is 0 Å². The summed E-state index contributed by atoms with van der Waals surface area (Å²) in [4.78, 5) is 0. The summed E-state index contributed by atoms with van der Waals surface area (Å²) in [7, 11) is -30.0. The van der Waals surface area contributed by atoms with E-state index in [0.717, 1.165) is 0 Å². The average Bonchev–Trinajstić information content (AvgIpc) is 2.62. The number of alkyl halides is 20. The smallest absolute Gasteiger partial charge is 1.00 e. The van der Waals surface area contributed by atoms with Crippen LogP contribution in [0, 0.1) is 0 Å². The van der Waals surface area contributed by atoms with Crippen molar-refractivity contribution >= 4 is 40.1 Å². The molecule has 0 atom stereocenters. The van der Waals surface area contributed by atoms with Gasteiger partial charge in [0.25, 0.3) is 40.1 Å². The monoisotopic (exact) mass is 770 g/mol. The molecular weight excluding hydrogens is 767 g/mol. The predicted molar refractivity (Wildman–Crippen MR) is 87.1 cm³/mol. The van der Waals surface area contributed by atoms with Gasteiger partial charge >= 0.3 is 64.6 Å². The summed E-state index contributed by atoms with van der Waals surface area (Å²) in [6.45, 7) is 0. The quantitative estimate of drug-likeness (QED) is 0.262. The molecule has 0 aliphatic carbocycles. The summed E-state index contributed by atoms with van der Waals surface area (Å²) in [6, 6.07) is 0. The number of hydrogen-bond donors (Lipinski definition) is 2. The molecule has 0 fully saturated rings. The molecule has 0 spiro atoms. The van der Waals surface area contributed by atoms with Gasteiger partial charge < -0.3 is 1.43 Å². The normalized spacial score (nSPS) is 15.7. The van der Waals surface area contributed by atoms with Crippen molar-refractivity contribution < 1.29 is 142 Å². The molecule has 0 aliphatic rings. The van der Waals surface area contributed by atoms with Crippen molar-refractivity contribution in [1.82, 2.24) is 8.25 Å². The maximum Gasteiger partial charge on any atom is 1.00 e. The van der Waals surface area contributed by atoms with Crippen LogP contribution in [0.5, 0.6) is 0 Å². The van der Waals surface area contributed by atoms with E-state index >= 15 is 0 Å². The fraction of sp³-hybridized carbons (Fsp3) is 1.00. The molecule has 0 aromatic heterocycles. The van der Waals surface area contributed by atoms with Gasteiger partial charge in [0.15, 0.2) is 0 Å². The van der Waals surface area contributed by atoms with E-state index in [2.05, 4.69) is 0 Å². The molecule has 0 aromatic carbocycles. The SMILES string of the molecule is O=S(=O)(NS(=O)(=O)C(F)(F)C(F)(F)F)C(F)(F)C(F)(F)F.O=S(=O)(NS(=O)(=O)C(F)(F)C(F)(F)F)C(F)(F)C(F)(F)F.[H-].[Li+]. The van der Waals surface area contributed by atoms with Crippen LogP contribution in [0.1, 0.15) is 1.43 Å². The van der Waals surface area contributed by atoms with E-state index in [-0.39, 0.29) is 20.3 Å². The van der Waals surface area contributed by atoms with Gasteiger partial charge in [0.1, 0.15) is 0 Å². The molecule has 0 rings (SSSR count). The Hall–Kier alpha value is -1.08. The van der Waals surface area contributed by atoms with E-state index in [0.29, 0.717) is 0 Å². The number of nitrogens with one attached hydrogen (secondary N) is 2. The van der Waals surface area contributed by atoms with Crippen LogP contribution in [-0.2, 0) is 40.1 Å². The van der Waals surface area contributed by atoms with Gasteiger partial charge in [0, 0.05) is 0 Å². The minimum absolute atomic E-state index is 0. The third kappa shape index (κ3) is 9.01. The van der Waals surface area contributed by atoms with Gasteiger partial charge in [-0.25, -0.2) is 33.7 Å². The second-order valence-electron chi connectivity index (χ2n) is 6.24. The minimum Gasteiger partial charge on any atom is -1.00 e. The maximum absolute atomic E-state index is 12.4. The number of sulfonamides is 4. The van der Waals surface area contributed by atoms with Gasteiger partial charge in [-0.05, 0) is 0 Å². The molecule has 10 nitrogen and oxygen atoms in total. The van der Waals surface area contributed by atoms with E-state index in [9.17, 15) is 121 Å². The summed E-state index contributed by atoms with van der Waals surface area (Å²) < 4.78 is 320. The third-order valence-corrected chi connectivity index (χ3v) is 10.2. The average molecular weight is 770 g/mol. The molecule has 2 N–H and O–H groups in total. The van der Waals surface area contributed by atoms with Crippen LogP contribution in [0.4, 0.5) is 87.8 Å². The Kier molecular flexibility index (Phi) is 13.2. The van der Waals surface area contributed by atoms with Crippen molar-refractivity contribution in [3.8, 4) is 0 Å². The Morgan fingerprint density at radius 2 is 0.395 bits per heavy atom. The molecule has 0 saturated carbocycles. The van der Waals surface area contributed by atoms with Crippen LogP contribution in [-0.4, -0.2) is 79.4 Å². The predicted octanol–water partition coefficient (Wildman–Crippen LogP) is 0.208. The number of hydrogen-bond acceptors (Lipinski definition) is 8. The molecule has 0 heterocycles. The zero-order valence-electron chi connectivity index (χ0n) is 19.5. The molecular formula is C8H3F20LiN2O8S4. The summed E-state index contributed by atoms with van der Waals surface area (Å²) in [5.74, 6) is 0. The molecule has 0 radical (unpaired) electrons. The molecule has 35 heteroatoms. The van der Waals surface area contributed by atoms with Crippen LogP contribution >= 0.6 is 0 Å². The van der Waals surface area contributed by atoms with Crippen molar-refractivity contribution in [2.45, 2.75) is 45.7 Å². The Labute approximate surface area is 236 Å². The summed E-state index contributed by atoms with van der Waals surface area (Å²) in [5, 5.41) is -27.7. The van der Waals surface area contributed by atoms with E-state index < -0.39 is 94.1 Å². The topological polar surface area (TPSA) is 161 Å². The largest absolute Gasteiger partial charge is 1.00 e. The molecule has 43 heavy (non-hydrogen) atoms. The van der Waals surface area contributed by atoms with Crippen LogP contribution < -0.4 is 27.1 Å². The summed E-state index contributed by atoms with van der Waals surface area (Å²) in [6.07, 6.45) is -27.9. The zero-order chi connectivity index (χ0) is 35.4. The van der Waals surface area contributed by atoms with E-state index in [4.69, 9.17) is 0 Å². The fourth-order valence-electron chi connectivity index (χ4n) is 1.11. The van der Waals surface area contributed by atoms with Crippen LogP contribution in [0.25, 0.3) is 0 Å². The molecule has 0 amide bonds. The third-order valence-electron chi connectivity index (χ3n) is 3.11. The first-order valence-corrected chi connectivity index (χ1v) is 13.7. The van der Waals surface area contributed by atoms with Gasteiger partial charge in [0.05, 0.1) is 0 Å². The molecule has 0 bridgehead atoms. The van der Waals surface area contributed by atoms with Gasteiger partial charge in [0.2, 0.25) is 0 Å². The maximum atomic E-state index is 12.4. The summed E-state index contributed by atoms with van der Waals surface area (Å²) >= 11 is 0. The van der Waals surface area contributed by atoms with Crippen molar-refractivity contribution in [1.29, 1.82) is 0 Å². The van der Waals surface area contributed by atoms with Crippen molar-refractivity contribution in [3.63, 3.8) is 0 Å². The second-order valence-corrected chi connectivity index (χ2v) is 13.7. The van der Waals surface area contributed by atoms with E-state index in [1.165, 1.54) is 0 Å². The first-order valence-electron chi connectivity index (χ1n) is 7.75. The minimum atomic E-state index is -7.49. The van der Waals surface area contributed by atoms with Gasteiger partial charge in [-0.3, -0.25) is 0 Å². The molecule has 0 unspecified atom stereocenters. The van der Waals surface area contributed by atoms with E-state index in [1.54, 1.807) is 0 Å². The van der Waals surface area contributed by atoms with Gasteiger partial charge in [-0.15, -0.1) is 0 Å².